The average molecular weight is 451 g/mol. The van der Waals surface area contributed by atoms with Crippen molar-refractivity contribution in [2.45, 2.75) is 52.4 Å². The molecule has 0 saturated heterocycles. The van der Waals surface area contributed by atoms with E-state index < -0.39 is 0 Å². The van der Waals surface area contributed by atoms with Crippen LogP contribution in [0.25, 0.3) is 0 Å². The molecule has 0 aliphatic rings. The Morgan fingerprint density at radius 3 is 0.882 bits per heavy atom. The van der Waals surface area contributed by atoms with Crippen LogP contribution in [0.4, 0.5) is 22.7 Å². The molecule has 2 nitrogen and oxygen atoms in total. The molecule has 0 saturated carbocycles. The molecule has 4 aromatic rings. The van der Waals surface area contributed by atoms with E-state index in [4.69, 9.17) is 0 Å². The second-order valence-corrected chi connectivity index (χ2v) is 10.6. The summed E-state index contributed by atoms with van der Waals surface area (Å²) in [4.78, 5) is 0. The third-order valence-corrected chi connectivity index (χ3v) is 5.63. The van der Waals surface area contributed by atoms with Gasteiger partial charge in [-0.2, -0.15) is 0 Å². The van der Waals surface area contributed by atoms with Gasteiger partial charge in [-0.3, -0.25) is 0 Å². The summed E-state index contributed by atoms with van der Waals surface area (Å²) >= 11 is 0. The van der Waals surface area contributed by atoms with Gasteiger partial charge >= 0.3 is 0 Å². The Labute approximate surface area is 206 Å². The number of hydrogen-bond acceptors (Lipinski definition) is 2. The number of para-hydroxylation sites is 2. The monoisotopic (exact) mass is 450 g/mol. The third-order valence-electron chi connectivity index (χ3n) is 5.63. The van der Waals surface area contributed by atoms with Crippen LogP contribution in [0, 0.1) is 0 Å². The summed E-state index contributed by atoms with van der Waals surface area (Å²) in [6, 6.07) is 37.7. The maximum atomic E-state index is 3.38. The first-order valence-corrected chi connectivity index (χ1v) is 12.0. The van der Waals surface area contributed by atoms with Crippen LogP contribution in [-0.4, -0.2) is 0 Å². The van der Waals surface area contributed by atoms with E-state index in [1.165, 1.54) is 11.1 Å². The highest BCUT2D eigenvalue weighted by atomic mass is 14.9. The van der Waals surface area contributed by atoms with Crippen LogP contribution in [0.15, 0.2) is 109 Å². The quantitative estimate of drug-likeness (QED) is 0.323. The van der Waals surface area contributed by atoms with Crippen molar-refractivity contribution in [3.8, 4) is 0 Å². The molecule has 0 aromatic heterocycles. The summed E-state index contributed by atoms with van der Waals surface area (Å²) < 4.78 is 0. The molecule has 0 bridgehead atoms. The SMILES string of the molecule is CC(C)(C)c1ccc(Nc2ccccc2)cc1.CC(C)(C)c1ccc(Nc2ccccc2)cc1. The van der Waals surface area contributed by atoms with Crippen LogP contribution >= 0.6 is 0 Å². The minimum Gasteiger partial charge on any atom is -0.356 e. The van der Waals surface area contributed by atoms with Gasteiger partial charge in [0, 0.05) is 22.7 Å². The lowest BCUT2D eigenvalue weighted by molar-refractivity contribution is 0.590. The molecule has 0 aliphatic carbocycles. The average Bonchev–Trinajstić information content (AvgIpc) is 2.80. The van der Waals surface area contributed by atoms with Gasteiger partial charge < -0.3 is 10.6 Å². The van der Waals surface area contributed by atoms with Gasteiger partial charge in [0.05, 0.1) is 0 Å². The summed E-state index contributed by atoms with van der Waals surface area (Å²) in [6.45, 7) is 13.4. The summed E-state index contributed by atoms with van der Waals surface area (Å²) in [7, 11) is 0. The van der Waals surface area contributed by atoms with Crippen molar-refractivity contribution in [2.75, 3.05) is 10.6 Å². The Bertz CT molecular complexity index is 1020. The Morgan fingerprint density at radius 1 is 0.353 bits per heavy atom. The summed E-state index contributed by atoms with van der Waals surface area (Å²) in [6.07, 6.45) is 0. The Hall–Kier alpha value is -3.52. The van der Waals surface area contributed by atoms with Gasteiger partial charge in [-0.05, 0) is 70.5 Å². The van der Waals surface area contributed by atoms with Crippen molar-refractivity contribution in [3.63, 3.8) is 0 Å². The van der Waals surface area contributed by atoms with Crippen LogP contribution in [0.3, 0.4) is 0 Å². The smallest absolute Gasteiger partial charge is 0.0384 e. The highest BCUT2D eigenvalue weighted by Gasteiger charge is 2.13. The first kappa shape index (κ1) is 25.1. The molecule has 2 N–H and O–H groups in total. The zero-order chi connectivity index (χ0) is 24.6. The summed E-state index contributed by atoms with van der Waals surface area (Å²) in [5, 5.41) is 6.77. The second-order valence-electron chi connectivity index (χ2n) is 10.6. The maximum Gasteiger partial charge on any atom is 0.0384 e. The normalized spacial score (nSPS) is 11.2. The molecule has 0 aliphatic heterocycles. The molecule has 34 heavy (non-hydrogen) atoms. The first-order valence-electron chi connectivity index (χ1n) is 12.0. The Morgan fingerprint density at radius 2 is 0.618 bits per heavy atom. The predicted molar refractivity (Wildman–Crippen MR) is 150 cm³/mol. The summed E-state index contributed by atoms with van der Waals surface area (Å²) in [5.41, 5.74) is 7.64. The minimum atomic E-state index is 0.214. The molecule has 0 amide bonds. The molecular weight excluding hydrogens is 412 g/mol. The lowest BCUT2D eigenvalue weighted by Gasteiger charge is -2.19. The summed E-state index contributed by atoms with van der Waals surface area (Å²) in [5.74, 6) is 0. The molecule has 4 rings (SSSR count). The number of benzene rings is 4. The van der Waals surface area contributed by atoms with Gasteiger partial charge in [-0.15, -0.1) is 0 Å². The largest absolute Gasteiger partial charge is 0.356 e. The van der Waals surface area contributed by atoms with Gasteiger partial charge in [0.15, 0.2) is 0 Å². The molecule has 0 heterocycles. The number of nitrogens with one attached hydrogen (secondary N) is 2. The van der Waals surface area contributed by atoms with E-state index in [0.29, 0.717) is 0 Å². The lowest BCUT2D eigenvalue weighted by Crippen LogP contribution is -2.10. The minimum absolute atomic E-state index is 0.214. The van der Waals surface area contributed by atoms with Crippen molar-refractivity contribution < 1.29 is 0 Å². The molecule has 0 unspecified atom stereocenters. The molecule has 2 heteroatoms. The highest BCUT2D eigenvalue weighted by molar-refractivity contribution is 5.60. The number of hydrogen-bond donors (Lipinski definition) is 2. The standard InChI is InChI=1S/2C16H19N/c2*1-16(2,3)13-9-11-15(12-10-13)17-14-7-5-4-6-8-14/h2*4-12,17H,1-3H3. The zero-order valence-electron chi connectivity index (χ0n) is 21.4. The van der Waals surface area contributed by atoms with Crippen molar-refractivity contribution in [2.24, 2.45) is 0 Å². The molecular formula is C32H38N2. The van der Waals surface area contributed by atoms with Crippen LogP contribution in [0.5, 0.6) is 0 Å². The second kappa shape index (κ2) is 11.1. The molecule has 4 aromatic carbocycles. The Kier molecular flexibility index (Phi) is 8.17. The van der Waals surface area contributed by atoms with E-state index in [1.807, 2.05) is 36.4 Å². The van der Waals surface area contributed by atoms with Gasteiger partial charge in [-0.25, -0.2) is 0 Å². The van der Waals surface area contributed by atoms with Crippen molar-refractivity contribution in [1.82, 2.24) is 0 Å². The highest BCUT2D eigenvalue weighted by Crippen LogP contribution is 2.26. The van der Waals surface area contributed by atoms with Crippen molar-refractivity contribution in [3.05, 3.63) is 120 Å². The van der Waals surface area contributed by atoms with E-state index >= 15 is 0 Å². The topological polar surface area (TPSA) is 24.1 Å². The molecule has 0 radical (unpaired) electrons. The third kappa shape index (κ3) is 7.81. The predicted octanol–water partition coefficient (Wildman–Crippen LogP) is 9.46. The van der Waals surface area contributed by atoms with E-state index in [1.54, 1.807) is 0 Å². The first-order chi connectivity index (χ1) is 16.1. The van der Waals surface area contributed by atoms with E-state index in [9.17, 15) is 0 Å². The van der Waals surface area contributed by atoms with E-state index in [-0.39, 0.29) is 10.8 Å². The van der Waals surface area contributed by atoms with Crippen LogP contribution < -0.4 is 10.6 Å². The molecule has 0 fully saturated rings. The van der Waals surface area contributed by atoms with Gasteiger partial charge in [-0.1, -0.05) is 102 Å². The van der Waals surface area contributed by atoms with Crippen molar-refractivity contribution >= 4 is 22.7 Å². The fourth-order valence-corrected chi connectivity index (χ4v) is 3.48. The fourth-order valence-electron chi connectivity index (χ4n) is 3.48. The molecule has 0 spiro atoms. The van der Waals surface area contributed by atoms with Crippen LogP contribution in [-0.2, 0) is 10.8 Å². The van der Waals surface area contributed by atoms with Gasteiger partial charge in [0.2, 0.25) is 0 Å². The van der Waals surface area contributed by atoms with Crippen molar-refractivity contribution in [1.29, 1.82) is 0 Å². The lowest BCUT2D eigenvalue weighted by atomic mass is 9.87. The molecule has 176 valence electrons. The Balaban J connectivity index is 0.000000191. The van der Waals surface area contributed by atoms with Crippen LogP contribution in [0.2, 0.25) is 0 Å². The van der Waals surface area contributed by atoms with E-state index in [0.717, 1.165) is 22.7 Å². The van der Waals surface area contributed by atoms with E-state index in [2.05, 4.69) is 125 Å². The fraction of sp³-hybridized carbons (Fsp3) is 0.250. The molecule has 0 atom stereocenters. The number of anilines is 4. The van der Waals surface area contributed by atoms with Gasteiger partial charge in [0.1, 0.15) is 0 Å². The zero-order valence-corrected chi connectivity index (χ0v) is 21.4. The van der Waals surface area contributed by atoms with Gasteiger partial charge in [0.25, 0.3) is 0 Å². The number of rotatable bonds is 4. The maximum absolute atomic E-state index is 3.38. The van der Waals surface area contributed by atoms with Crippen LogP contribution in [0.1, 0.15) is 52.7 Å².